The van der Waals surface area contributed by atoms with E-state index < -0.39 is 29.6 Å². The van der Waals surface area contributed by atoms with Crippen molar-refractivity contribution in [2.24, 2.45) is 34.8 Å². The van der Waals surface area contributed by atoms with Crippen molar-refractivity contribution in [2.45, 2.75) is 114 Å². The molecular weight excluding hydrogens is 731 g/mol. The van der Waals surface area contributed by atoms with Crippen LogP contribution in [0.4, 0.5) is 0 Å². The molecular formula is C48H61N3O7. The van der Waals surface area contributed by atoms with Crippen LogP contribution in [-0.4, -0.2) is 76.5 Å². The maximum atomic E-state index is 14.2. The molecule has 2 aromatic rings. The summed E-state index contributed by atoms with van der Waals surface area (Å²) in [5, 5.41) is 52.9. The zero-order valence-electron chi connectivity index (χ0n) is 33.7. The number of dihydropyridines is 1. The average molecular weight is 792 g/mol. The van der Waals surface area contributed by atoms with Crippen LogP contribution in [-0.2, 0) is 16.0 Å². The van der Waals surface area contributed by atoms with Crippen LogP contribution in [0.3, 0.4) is 0 Å². The third-order valence-electron chi connectivity index (χ3n) is 13.7. The number of rotatable bonds is 12. The number of aliphatic hydroxyl groups is 3. The number of phenolic OH excluding ortho intramolecular Hbond substituents is 1. The summed E-state index contributed by atoms with van der Waals surface area (Å²) in [6, 6.07) is 13.6. The minimum Gasteiger partial charge on any atom is -0.504 e. The van der Waals surface area contributed by atoms with Crippen molar-refractivity contribution in [1.82, 2.24) is 10.6 Å². The maximum Gasteiger partial charge on any atom is 0.160 e. The molecule has 58 heavy (non-hydrogen) atoms. The van der Waals surface area contributed by atoms with Gasteiger partial charge < -0.3 is 41.5 Å². The molecule has 2 saturated carbocycles. The van der Waals surface area contributed by atoms with Gasteiger partial charge in [-0.2, -0.15) is 0 Å². The highest BCUT2D eigenvalue weighted by atomic mass is 16.5. The fraction of sp³-hybridized carbons (Fsp3) is 0.542. The van der Waals surface area contributed by atoms with Crippen molar-refractivity contribution >= 4 is 17.6 Å². The second-order valence-corrected chi connectivity index (χ2v) is 17.5. The Labute approximate surface area is 343 Å². The first-order valence-corrected chi connectivity index (χ1v) is 21.4. The van der Waals surface area contributed by atoms with E-state index >= 15 is 0 Å². The van der Waals surface area contributed by atoms with E-state index in [9.17, 15) is 30.0 Å². The number of methoxy groups -OCH3 is 1. The van der Waals surface area contributed by atoms with E-state index in [1.54, 1.807) is 12.1 Å². The van der Waals surface area contributed by atoms with Gasteiger partial charge in [0.15, 0.2) is 17.3 Å². The Morgan fingerprint density at radius 3 is 2.62 bits per heavy atom. The fourth-order valence-electron chi connectivity index (χ4n) is 10.2. The lowest BCUT2D eigenvalue weighted by molar-refractivity contribution is -0.134. The van der Waals surface area contributed by atoms with E-state index in [-0.39, 0.29) is 48.4 Å². The van der Waals surface area contributed by atoms with Crippen LogP contribution in [0.1, 0.15) is 99.7 Å². The molecule has 1 spiro atoms. The first-order chi connectivity index (χ1) is 28.0. The molecule has 2 aliphatic heterocycles. The number of aryl methyl sites for hydroxylation is 1. The molecule has 0 amide bonds. The van der Waals surface area contributed by atoms with E-state index in [2.05, 4.69) is 22.5 Å². The van der Waals surface area contributed by atoms with Gasteiger partial charge in [-0.15, -0.1) is 0 Å². The van der Waals surface area contributed by atoms with E-state index in [4.69, 9.17) is 10.5 Å². The Balaban J connectivity index is 1.08. The summed E-state index contributed by atoms with van der Waals surface area (Å²) in [4.78, 5) is 26.2. The summed E-state index contributed by atoms with van der Waals surface area (Å²) >= 11 is 0. The molecule has 3 aliphatic carbocycles. The number of piperidine rings is 1. The Morgan fingerprint density at radius 2 is 1.84 bits per heavy atom. The maximum absolute atomic E-state index is 14.2. The zero-order chi connectivity index (χ0) is 40.8. The van der Waals surface area contributed by atoms with Crippen LogP contribution in [0.2, 0.25) is 0 Å². The van der Waals surface area contributed by atoms with Crippen LogP contribution in [0.15, 0.2) is 72.1 Å². The Morgan fingerprint density at radius 1 is 1.03 bits per heavy atom. The standard InChI is InChI=1S/C48H61N3O7/c1-58-44-25-35-12-14-45(56)48(18-15-31(22-46(48)57)7-8-32-21-37-11-13-38(52)27-40(37)51-29-32)19-16-36(39(35)28-43(44)55)24-42(54)41(53)23-33(34-17-20-50-47(49)26-34)10-9-30-5-3-2-4-6-30/h2-6,9-10,17,25-26,28,31-33,36-37,40-42,46,50-51,53-55,57H,7-8,11-15,18,20-24,27,29,49H2,1H3. The van der Waals surface area contributed by atoms with Gasteiger partial charge in [0, 0.05) is 43.7 Å². The van der Waals surface area contributed by atoms with Crippen molar-refractivity contribution in [3.63, 3.8) is 0 Å². The van der Waals surface area contributed by atoms with E-state index in [1.165, 1.54) is 7.11 Å². The molecule has 10 atom stereocenters. The Kier molecular flexibility index (Phi) is 13.4. The number of carbonyl (C=O) groups excluding carboxylic acids is 2. The summed E-state index contributed by atoms with van der Waals surface area (Å²) in [5.41, 5.74) is 8.30. The summed E-state index contributed by atoms with van der Waals surface area (Å²) in [6.45, 7) is 1.48. The Bertz CT molecular complexity index is 1950. The predicted molar refractivity (Wildman–Crippen MR) is 224 cm³/mol. The highest BCUT2D eigenvalue weighted by molar-refractivity contribution is 5.89. The number of hydrogen-bond acceptors (Lipinski definition) is 10. The molecule has 0 aromatic heterocycles. The lowest BCUT2D eigenvalue weighted by atomic mass is 9.64. The minimum absolute atomic E-state index is 0.0507. The molecule has 10 heteroatoms. The number of aliphatic hydroxyl groups excluding tert-OH is 3. The second kappa shape index (κ2) is 18.7. The number of hydrogen-bond donors (Lipinski definition) is 7. The van der Waals surface area contributed by atoms with Crippen molar-refractivity contribution in [3.05, 3.63) is 88.8 Å². The van der Waals surface area contributed by atoms with Gasteiger partial charge in [0.1, 0.15) is 11.2 Å². The number of nitrogens with one attached hydrogen (secondary N) is 2. The number of ketones is 2. The number of nitrogens with two attached hydrogens (primary N) is 1. The topological polar surface area (TPSA) is 174 Å². The smallest absolute Gasteiger partial charge is 0.160 e. The highest BCUT2D eigenvalue weighted by Crippen LogP contribution is 2.45. The van der Waals surface area contributed by atoms with Crippen LogP contribution >= 0.6 is 0 Å². The zero-order valence-corrected chi connectivity index (χ0v) is 33.7. The molecule has 7 rings (SSSR count). The summed E-state index contributed by atoms with van der Waals surface area (Å²) < 4.78 is 5.45. The first kappa shape index (κ1) is 41.7. The molecule has 10 nitrogen and oxygen atoms in total. The highest BCUT2D eigenvalue weighted by Gasteiger charge is 2.48. The minimum atomic E-state index is -1.23. The van der Waals surface area contributed by atoms with Crippen LogP contribution in [0.25, 0.3) is 6.08 Å². The van der Waals surface area contributed by atoms with Crippen molar-refractivity contribution in [3.8, 4) is 23.3 Å². The third-order valence-corrected chi connectivity index (χ3v) is 13.7. The average Bonchev–Trinajstić information content (AvgIpc) is 3.27. The Hall–Kier alpha value is -4.40. The van der Waals surface area contributed by atoms with Crippen LogP contribution < -0.4 is 21.1 Å². The molecule has 0 radical (unpaired) electrons. The summed E-state index contributed by atoms with van der Waals surface area (Å²) in [7, 11) is 1.48. The SMILES string of the molecule is COc1cc2c(cc1O)C(CC(O)C(O)CC(C=Cc1ccccc1)C1=CCNC(N)=C1)C#CC1(CCC(CCC3CNC4CC(=O)CCC4C3)CC1O)C(=O)CC2. The quantitative estimate of drug-likeness (QED) is 0.137. The third kappa shape index (κ3) is 9.72. The molecule has 5 aliphatic rings. The number of allylic oxidation sites excluding steroid dienone is 3. The lowest BCUT2D eigenvalue weighted by Crippen LogP contribution is -2.49. The second-order valence-electron chi connectivity index (χ2n) is 17.5. The molecule has 2 heterocycles. The van der Waals surface area contributed by atoms with Crippen LogP contribution in [0.5, 0.6) is 11.5 Å². The lowest BCUT2D eigenvalue weighted by Gasteiger charge is -2.42. The number of benzene rings is 2. The number of ether oxygens (including phenoxy) is 1. The molecule has 1 saturated heterocycles. The molecule has 0 bridgehead atoms. The molecule has 8 N–H and O–H groups in total. The van der Waals surface area contributed by atoms with Gasteiger partial charge >= 0.3 is 0 Å². The summed E-state index contributed by atoms with van der Waals surface area (Å²) in [5.74, 6) is 8.18. The predicted octanol–water partition coefficient (Wildman–Crippen LogP) is 5.44. The van der Waals surface area contributed by atoms with Gasteiger partial charge in [0.05, 0.1) is 31.2 Å². The first-order valence-electron chi connectivity index (χ1n) is 21.4. The molecule has 3 fully saturated rings. The van der Waals surface area contributed by atoms with Crippen LogP contribution in [0, 0.1) is 40.9 Å². The van der Waals surface area contributed by atoms with E-state index in [0.29, 0.717) is 73.7 Å². The monoisotopic (exact) mass is 791 g/mol. The molecule has 2 aromatic carbocycles. The van der Waals surface area contributed by atoms with Gasteiger partial charge in [-0.3, -0.25) is 9.59 Å². The van der Waals surface area contributed by atoms with E-state index in [1.807, 2.05) is 54.6 Å². The van der Waals surface area contributed by atoms with Crippen molar-refractivity contribution in [1.29, 1.82) is 0 Å². The molecule has 10 unspecified atom stereocenters. The molecule has 310 valence electrons. The van der Waals surface area contributed by atoms with Crippen molar-refractivity contribution < 1.29 is 34.8 Å². The summed E-state index contributed by atoms with van der Waals surface area (Å²) in [6.07, 6.45) is 12.7. The number of aromatic hydroxyl groups is 1. The van der Waals surface area contributed by atoms with Crippen molar-refractivity contribution in [2.75, 3.05) is 20.2 Å². The number of carbonyl (C=O) groups is 2. The van der Waals surface area contributed by atoms with Gasteiger partial charge in [0.2, 0.25) is 0 Å². The normalized spacial score (nSPS) is 30.2. The van der Waals surface area contributed by atoms with Gasteiger partial charge in [-0.1, -0.05) is 66.8 Å². The van der Waals surface area contributed by atoms with Gasteiger partial charge in [-0.05, 0) is 123 Å². The number of fused-ring (bicyclic) bond motifs is 2. The fourth-order valence-corrected chi connectivity index (χ4v) is 10.2. The van der Waals surface area contributed by atoms with Gasteiger partial charge in [-0.25, -0.2) is 0 Å². The number of Topliss-reactive ketones (excluding diaryl/α,β-unsaturated/α-hetero) is 2. The van der Waals surface area contributed by atoms with Gasteiger partial charge in [0.25, 0.3) is 0 Å². The van der Waals surface area contributed by atoms with E-state index in [0.717, 1.165) is 55.3 Å². The largest absolute Gasteiger partial charge is 0.504 e. The number of phenols is 1.